The third-order valence-electron chi connectivity index (χ3n) is 3.63. The molecule has 0 spiro atoms. The molecule has 0 aliphatic heterocycles. The Kier molecular flexibility index (Phi) is 6.10. The first kappa shape index (κ1) is 18.9. The van der Waals surface area contributed by atoms with E-state index in [0.717, 1.165) is 4.90 Å². The van der Waals surface area contributed by atoms with Crippen LogP contribution >= 0.6 is 23.4 Å². The van der Waals surface area contributed by atoms with Crippen LogP contribution in [0.25, 0.3) is 10.8 Å². The van der Waals surface area contributed by atoms with Gasteiger partial charge in [-0.15, -0.1) is 11.8 Å². The fourth-order valence-corrected chi connectivity index (χ4v) is 3.18. The number of carbonyl (C=O) groups is 2. The molecule has 0 saturated heterocycles. The number of amides is 2. The number of rotatable bonds is 5. The van der Waals surface area contributed by atoms with Crippen LogP contribution < -0.4 is 16.4 Å². The number of carbonyl (C=O) groups excluding carboxylic acids is 2. The van der Waals surface area contributed by atoms with Gasteiger partial charge in [0, 0.05) is 15.3 Å². The van der Waals surface area contributed by atoms with E-state index in [1.165, 1.54) is 11.8 Å². The second kappa shape index (κ2) is 8.70. The molecular formula is C18H15ClN4O3S. The molecule has 27 heavy (non-hydrogen) atoms. The summed E-state index contributed by atoms with van der Waals surface area (Å²) in [4.78, 5) is 36.6. The van der Waals surface area contributed by atoms with Crippen molar-refractivity contribution < 1.29 is 9.59 Å². The predicted octanol–water partition coefficient (Wildman–Crippen LogP) is 2.06. The van der Waals surface area contributed by atoms with Crippen LogP contribution in [-0.2, 0) is 16.0 Å². The zero-order valence-electron chi connectivity index (χ0n) is 14.0. The summed E-state index contributed by atoms with van der Waals surface area (Å²) in [6.07, 6.45) is -0.0814. The average molecular weight is 403 g/mol. The topological polar surface area (TPSA) is 104 Å². The van der Waals surface area contributed by atoms with Crippen LogP contribution in [0, 0.1) is 0 Å². The second-order valence-electron chi connectivity index (χ2n) is 5.56. The summed E-state index contributed by atoms with van der Waals surface area (Å²) < 4.78 is 0. The van der Waals surface area contributed by atoms with Crippen molar-refractivity contribution in [2.75, 3.05) is 5.75 Å². The van der Waals surface area contributed by atoms with Crippen LogP contribution in [0.1, 0.15) is 5.69 Å². The molecular weight excluding hydrogens is 388 g/mol. The highest BCUT2D eigenvalue weighted by molar-refractivity contribution is 8.00. The Bertz CT molecular complexity index is 1040. The molecule has 1 heterocycles. The first-order valence-electron chi connectivity index (χ1n) is 7.95. The number of aromatic nitrogens is 2. The zero-order valence-corrected chi connectivity index (χ0v) is 15.6. The van der Waals surface area contributed by atoms with E-state index in [1.54, 1.807) is 36.4 Å². The van der Waals surface area contributed by atoms with Gasteiger partial charge in [0.05, 0.1) is 23.3 Å². The number of H-pyrrole nitrogens is 1. The summed E-state index contributed by atoms with van der Waals surface area (Å²) in [5.41, 5.74) is 4.82. The highest BCUT2D eigenvalue weighted by Gasteiger charge is 2.11. The molecule has 0 fully saturated rings. The van der Waals surface area contributed by atoms with Gasteiger partial charge >= 0.3 is 0 Å². The van der Waals surface area contributed by atoms with Crippen molar-refractivity contribution in [3.8, 4) is 0 Å². The Labute approximate surface area is 163 Å². The molecule has 7 nitrogen and oxygen atoms in total. The van der Waals surface area contributed by atoms with Crippen molar-refractivity contribution in [3.63, 3.8) is 0 Å². The van der Waals surface area contributed by atoms with Gasteiger partial charge in [0.2, 0.25) is 11.8 Å². The van der Waals surface area contributed by atoms with Gasteiger partial charge in [0.25, 0.3) is 5.56 Å². The van der Waals surface area contributed by atoms with E-state index in [1.807, 2.05) is 12.1 Å². The van der Waals surface area contributed by atoms with Gasteiger partial charge in [-0.25, -0.2) is 5.10 Å². The Morgan fingerprint density at radius 1 is 1.00 bits per heavy atom. The van der Waals surface area contributed by atoms with Gasteiger partial charge < -0.3 is 0 Å². The lowest BCUT2D eigenvalue weighted by atomic mass is 10.1. The van der Waals surface area contributed by atoms with Crippen molar-refractivity contribution in [1.82, 2.24) is 21.0 Å². The van der Waals surface area contributed by atoms with Crippen LogP contribution in [0.15, 0.2) is 58.2 Å². The summed E-state index contributed by atoms with van der Waals surface area (Å²) in [5, 5.41) is 7.98. The quantitative estimate of drug-likeness (QED) is 0.447. The van der Waals surface area contributed by atoms with Crippen LogP contribution in [0.4, 0.5) is 0 Å². The van der Waals surface area contributed by atoms with Crippen molar-refractivity contribution in [2.45, 2.75) is 11.3 Å². The second-order valence-corrected chi connectivity index (χ2v) is 7.05. The van der Waals surface area contributed by atoms with Crippen molar-refractivity contribution >= 4 is 45.9 Å². The standard InChI is InChI=1S/C18H15ClN4O3S/c19-11-5-7-12(8-6-11)27-10-17(25)22-21-16(24)9-15-13-3-1-2-4-14(13)18(26)23-20-15/h1-8H,9-10H2,(H,21,24)(H,22,25)(H,23,26). The fraction of sp³-hybridized carbons (Fsp3) is 0.111. The Morgan fingerprint density at radius 2 is 1.67 bits per heavy atom. The van der Waals surface area contributed by atoms with Gasteiger partial charge in [-0.2, -0.15) is 5.10 Å². The van der Waals surface area contributed by atoms with E-state index in [-0.39, 0.29) is 23.6 Å². The maximum Gasteiger partial charge on any atom is 0.272 e. The molecule has 0 aliphatic rings. The molecule has 0 radical (unpaired) electrons. The highest BCUT2D eigenvalue weighted by Crippen LogP contribution is 2.19. The summed E-state index contributed by atoms with van der Waals surface area (Å²) >= 11 is 7.13. The predicted molar refractivity (Wildman–Crippen MR) is 105 cm³/mol. The number of fused-ring (bicyclic) bond motifs is 1. The summed E-state index contributed by atoms with van der Waals surface area (Å²) in [7, 11) is 0. The van der Waals surface area contributed by atoms with Crippen molar-refractivity contribution in [1.29, 1.82) is 0 Å². The lowest BCUT2D eigenvalue weighted by Crippen LogP contribution is -2.43. The van der Waals surface area contributed by atoms with Crippen molar-refractivity contribution in [3.05, 3.63) is 69.6 Å². The number of hydrogen-bond donors (Lipinski definition) is 3. The molecule has 2 aromatic carbocycles. The molecule has 0 bridgehead atoms. The van der Waals surface area contributed by atoms with Crippen LogP contribution in [0.5, 0.6) is 0 Å². The number of hydrogen-bond acceptors (Lipinski definition) is 5. The third-order valence-corrected chi connectivity index (χ3v) is 4.89. The van der Waals surface area contributed by atoms with Crippen LogP contribution in [0.3, 0.4) is 0 Å². The molecule has 1 aromatic heterocycles. The van der Waals surface area contributed by atoms with Crippen LogP contribution in [0.2, 0.25) is 5.02 Å². The highest BCUT2D eigenvalue weighted by atomic mass is 35.5. The van der Waals surface area contributed by atoms with E-state index in [4.69, 9.17) is 11.6 Å². The van der Waals surface area contributed by atoms with Gasteiger partial charge in [-0.05, 0) is 30.3 Å². The lowest BCUT2D eigenvalue weighted by molar-refractivity contribution is -0.127. The Hall–Kier alpha value is -2.84. The van der Waals surface area contributed by atoms with Gasteiger partial charge in [0.15, 0.2) is 0 Å². The molecule has 138 valence electrons. The monoisotopic (exact) mass is 402 g/mol. The zero-order chi connectivity index (χ0) is 19.2. The molecule has 9 heteroatoms. The maximum absolute atomic E-state index is 12.1. The lowest BCUT2D eigenvalue weighted by Gasteiger charge is -2.08. The summed E-state index contributed by atoms with van der Waals surface area (Å²) in [6.45, 7) is 0. The minimum absolute atomic E-state index is 0.0814. The number of aromatic amines is 1. The number of halogens is 1. The molecule has 2 amide bonds. The molecule has 3 aromatic rings. The first-order chi connectivity index (χ1) is 13.0. The Balaban J connectivity index is 1.52. The number of nitrogens with zero attached hydrogens (tertiary/aromatic N) is 1. The Morgan fingerprint density at radius 3 is 2.41 bits per heavy atom. The number of nitrogens with one attached hydrogen (secondary N) is 3. The largest absolute Gasteiger partial charge is 0.273 e. The minimum Gasteiger partial charge on any atom is -0.273 e. The SMILES string of the molecule is O=C(CSc1ccc(Cl)cc1)NNC(=O)Cc1n[nH]c(=O)c2ccccc12. The van der Waals surface area contributed by atoms with Gasteiger partial charge in [-0.3, -0.25) is 25.2 Å². The number of benzene rings is 2. The van der Waals surface area contributed by atoms with E-state index in [0.29, 0.717) is 21.5 Å². The molecule has 3 rings (SSSR count). The van der Waals surface area contributed by atoms with E-state index >= 15 is 0 Å². The number of thioether (sulfide) groups is 1. The number of hydrazine groups is 1. The van der Waals surface area contributed by atoms with E-state index < -0.39 is 5.91 Å². The normalized spacial score (nSPS) is 10.6. The molecule has 3 N–H and O–H groups in total. The molecule has 0 saturated carbocycles. The van der Waals surface area contributed by atoms with Gasteiger partial charge in [-0.1, -0.05) is 29.8 Å². The van der Waals surface area contributed by atoms with Gasteiger partial charge in [0.1, 0.15) is 0 Å². The summed E-state index contributed by atoms with van der Waals surface area (Å²) in [6, 6.07) is 14.0. The summed E-state index contributed by atoms with van der Waals surface area (Å²) in [5.74, 6) is -0.644. The van der Waals surface area contributed by atoms with Crippen LogP contribution in [-0.4, -0.2) is 27.8 Å². The maximum atomic E-state index is 12.1. The fourth-order valence-electron chi connectivity index (χ4n) is 2.36. The first-order valence-corrected chi connectivity index (χ1v) is 9.31. The molecule has 0 unspecified atom stereocenters. The van der Waals surface area contributed by atoms with Crippen molar-refractivity contribution in [2.24, 2.45) is 0 Å². The minimum atomic E-state index is -0.440. The van der Waals surface area contributed by atoms with E-state index in [2.05, 4.69) is 21.0 Å². The smallest absolute Gasteiger partial charge is 0.272 e. The molecule has 0 aliphatic carbocycles. The third kappa shape index (κ3) is 5.08. The average Bonchev–Trinajstić information content (AvgIpc) is 2.68. The van der Waals surface area contributed by atoms with E-state index in [9.17, 15) is 14.4 Å². The molecule has 0 atom stereocenters.